The van der Waals surface area contributed by atoms with E-state index in [-0.39, 0.29) is 0 Å². The van der Waals surface area contributed by atoms with Crippen LogP contribution in [0.15, 0.2) is 48.7 Å². The largest absolute Gasteiger partial charge is 0.493 e. The van der Waals surface area contributed by atoms with Gasteiger partial charge < -0.3 is 14.2 Å². The molecule has 0 fully saturated rings. The molecule has 0 aliphatic carbocycles. The normalized spacial score (nSPS) is 14.1. The van der Waals surface area contributed by atoms with Crippen molar-refractivity contribution in [2.75, 3.05) is 13.7 Å². The lowest BCUT2D eigenvalue weighted by atomic mass is 9.85. The molecule has 5 heteroatoms. The maximum absolute atomic E-state index is 13.2. The van der Waals surface area contributed by atoms with Crippen LogP contribution >= 0.6 is 0 Å². The third kappa shape index (κ3) is 4.14. The Hall–Kier alpha value is -3.44. The van der Waals surface area contributed by atoms with Gasteiger partial charge in [-0.15, -0.1) is 0 Å². The molecular weight excluding hydrogens is 438 g/mol. The van der Waals surface area contributed by atoms with Crippen molar-refractivity contribution in [3.63, 3.8) is 0 Å². The predicted molar refractivity (Wildman–Crippen MR) is 139 cm³/mol. The monoisotopic (exact) mass is 469 g/mol. The van der Waals surface area contributed by atoms with Crippen LogP contribution in [0.5, 0.6) is 5.75 Å². The van der Waals surface area contributed by atoms with E-state index in [0.29, 0.717) is 6.61 Å². The minimum absolute atomic E-state index is 0.422. The van der Waals surface area contributed by atoms with Gasteiger partial charge in [-0.25, -0.2) is 4.79 Å². The molecule has 5 nitrogen and oxygen atoms in total. The van der Waals surface area contributed by atoms with E-state index >= 15 is 0 Å². The number of rotatable bonds is 4. The Kier molecular flexibility index (Phi) is 5.76. The number of carbonyl (C=O) groups is 1. The number of pyridine rings is 1. The fourth-order valence-corrected chi connectivity index (χ4v) is 5.10. The molecule has 0 saturated heterocycles. The van der Waals surface area contributed by atoms with E-state index < -0.39 is 17.7 Å². The maximum Gasteiger partial charge on any atom is 0.339 e. The van der Waals surface area contributed by atoms with E-state index in [2.05, 4.69) is 43.3 Å². The van der Waals surface area contributed by atoms with Crippen LogP contribution in [0.3, 0.4) is 0 Å². The predicted octanol–water partition coefficient (Wildman–Crippen LogP) is 6.64. The smallest absolute Gasteiger partial charge is 0.339 e. The molecule has 1 aromatic heterocycles. The Labute approximate surface area is 206 Å². The number of esters is 1. The van der Waals surface area contributed by atoms with Gasteiger partial charge in [-0.05, 0) is 80.3 Å². The van der Waals surface area contributed by atoms with E-state index in [1.54, 1.807) is 0 Å². The van der Waals surface area contributed by atoms with Crippen molar-refractivity contribution in [3.8, 4) is 16.9 Å². The number of aromatic nitrogens is 1. The zero-order chi connectivity index (χ0) is 24.9. The number of benzene rings is 3. The highest BCUT2D eigenvalue weighted by Gasteiger charge is 2.33. The molecule has 2 heterocycles. The van der Waals surface area contributed by atoms with Crippen LogP contribution in [0, 0.1) is 13.8 Å². The van der Waals surface area contributed by atoms with Gasteiger partial charge in [0.05, 0.1) is 24.8 Å². The molecule has 1 aliphatic heterocycles. The summed E-state index contributed by atoms with van der Waals surface area (Å²) in [5, 5.41) is 3.19. The third-order valence-electron chi connectivity index (χ3n) is 6.53. The van der Waals surface area contributed by atoms with Crippen molar-refractivity contribution < 1.29 is 19.0 Å². The molecule has 0 amide bonds. The molecule has 0 spiro atoms. The average Bonchev–Trinajstić information content (AvgIpc) is 2.81. The van der Waals surface area contributed by atoms with Crippen LogP contribution in [-0.2, 0) is 20.7 Å². The number of aryl methyl sites for hydroxylation is 2. The topological polar surface area (TPSA) is 57.7 Å². The zero-order valence-corrected chi connectivity index (χ0v) is 21.2. The Morgan fingerprint density at radius 2 is 1.89 bits per heavy atom. The number of hydrogen-bond donors (Lipinski definition) is 0. The molecule has 1 aliphatic rings. The second-order valence-corrected chi connectivity index (χ2v) is 10.2. The summed E-state index contributed by atoms with van der Waals surface area (Å²) in [6.45, 7) is 10.6. The first-order valence-corrected chi connectivity index (χ1v) is 12.0. The van der Waals surface area contributed by atoms with E-state index in [1.165, 1.54) is 18.2 Å². The van der Waals surface area contributed by atoms with Crippen molar-refractivity contribution in [3.05, 3.63) is 70.9 Å². The molecule has 180 valence electrons. The minimum Gasteiger partial charge on any atom is -0.493 e. The fraction of sp³-hybridized carbons (Fsp3) is 0.333. The van der Waals surface area contributed by atoms with Crippen molar-refractivity contribution in [1.29, 1.82) is 0 Å². The van der Waals surface area contributed by atoms with Gasteiger partial charge in [0.15, 0.2) is 6.10 Å². The molecule has 35 heavy (non-hydrogen) atoms. The summed E-state index contributed by atoms with van der Waals surface area (Å²) < 4.78 is 17.6. The lowest BCUT2D eigenvalue weighted by Gasteiger charge is -2.30. The third-order valence-corrected chi connectivity index (χ3v) is 6.53. The van der Waals surface area contributed by atoms with Crippen LogP contribution in [0.25, 0.3) is 32.8 Å². The van der Waals surface area contributed by atoms with Crippen LogP contribution in [0.4, 0.5) is 0 Å². The standard InChI is InChI=1S/C30H31NO4/c1-17-7-8-21-20(15-17)16-18(2)24(28(29(32)33-6)35-30(3,4)5)26(21)22-9-10-23-25-19(12-14-34-23)11-13-31-27(22)25/h7-11,13,15-16,28H,12,14H2,1-6H3. The number of methoxy groups -OCH3 is 1. The molecule has 0 saturated carbocycles. The molecule has 0 N–H and O–H groups in total. The molecule has 1 unspecified atom stereocenters. The SMILES string of the molecule is COC(=O)C(OC(C)(C)C)c1c(C)cc2cc(C)ccc2c1-c1ccc2c3c(ccnc13)CCO2. The summed E-state index contributed by atoms with van der Waals surface area (Å²) in [4.78, 5) is 18.0. The Balaban J connectivity index is 1.91. The summed E-state index contributed by atoms with van der Waals surface area (Å²) in [7, 11) is 1.40. The van der Waals surface area contributed by atoms with E-state index in [9.17, 15) is 4.79 Å². The molecular formula is C30H31NO4. The van der Waals surface area contributed by atoms with Gasteiger partial charge in [-0.3, -0.25) is 4.98 Å². The second kappa shape index (κ2) is 8.65. The van der Waals surface area contributed by atoms with Crippen LogP contribution in [-0.4, -0.2) is 30.3 Å². The first-order chi connectivity index (χ1) is 16.7. The van der Waals surface area contributed by atoms with Gasteiger partial charge in [0.25, 0.3) is 0 Å². The van der Waals surface area contributed by atoms with Crippen molar-refractivity contribution in [1.82, 2.24) is 4.98 Å². The molecule has 4 aromatic rings. The summed E-state index contributed by atoms with van der Waals surface area (Å²) >= 11 is 0. The van der Waals surface area contributed by atoms with Gasteiger partial charge in [0.2, 0.25) is 0 Å². The summed E-state index contributed by atoms with van der Waals surface area (Å²) in [5.74, 6) is 0.428. The molecule has 3 aromatic carbocycles. The highest BCUT2D eigenvalue weighted by Crippen LogP contribution is 2.45. The highest BCUT2D eigenvalue weighted by molar-refractivity contribution is 6.09. The van der Waals surface area contributed by atoms with E-state index in [0.717, 1.165) is 56.1 Å². The van der Waals surface area contributed by atoms with Gasteiger partial charge in [0.1, 0.15) is 5.75 Å². The summed E-state index contributed by atoms with van der Waals surface area (Å²) in [5.41, 5.74) is 6.38. The Morgan fingerprint density at radius 1 is 1.09 bits per heavy atom. The molecule has 5 rings (SSSR count). The Morgan fingerprint density at radius 3 is 2.63 bits per heavy atom. The zero-order valence-electron chi connectivity index (χ0n) is 21.2. The molecule has 1 atom stereocenters. The lowest BCUT2D eigenvalue weighted by Crippen LogP contribution is -2.29. The van der Waals surface area contributed by atoms with Gasteiger partial charge >= 0.3 is 5.97 Å². The van der Waals surface area contributed by atoms with Crippen LogP contribution in [0.1, 0.15) is 49.1 Å². The number of carbonyl (C=O) groups excluding carboxylic acids is 1. The second-order valence-electron chi connectivity index (χ2n) is 10.2. The number of nitrogens with zero attached hydrogens (tertiary/aromatic N) is 1. The number of fused-ring (bicyclic) bond motifs is 1. The minimum atomic E-state index is -0.886. The van der Waals surface area contributed by atoms with Gasteiger partial charge in [0, 0.05) is 29.1 Å². The quantitative estimate of drug-likeness (QED) is 0.314. The summed E-state index contributed by atoms with van der Waals surface area (Å²) in [6, 6.07) is 14.7. The van der Waals surface area contributed by atoms with Crippen LogP contribution < -0.4 is 4.74 Å². The van der Waals surface area contributed by atoms with Gasteiger partial charge in [-0.2, -0.15) is 0 Å². The maximum atomic E-state index is 13.2. The molecule has 0 radical (unpaired) electrons. The van der Waals surface area contributed by atoms with Gasteiger partial charge in [-0.1, -0.05) is 29.8 Å². The summed E-state index contributed by atoms with van der Waals surface area (Å²) in [6.07, 6.45) is 1.82. The fourth-order valence-electron chi connectivity index (χ4n) is 5.10. The lowest BCUT2D eigenvalue weighted by molar-refractivity contribution is -0.164. The van der Waals surface area contributed by atoms with Crippen molar-refractivity contribution in [2.45, 2.75) is 52.7 Å². The van der Waals surface area contributed by atoms with Crippen molar-refractivity contribution in [2.24, 2.45) is 0 Å². The first-order valence-electron chi connectivity index (χ1n) is 12.0. The van der Waals surface area contributed by atoms with E-state index in [4.69, 9.17) is 19.2 Å². The van der Waals surface area contributed by atoms with Crippen molar-refractivity contribution >= 4 is 27.6 Å². The number of ether oxygens (including phenoxy) is 3. The average molecular weight is 470 g/mol. The first kappa shape index (κ1) is 23.3. The van der Waals surface area contributed by atoms with E-state index in [1.807, 2.05) is 40.0 Å². The Bertz CT molecular complexity index is 1460. The molecule has 0 bridgehead atoms. The number of hydrogen-bond acceptors (Lipinski definition) is 5. The van der Waals surface area contributed by atoms with Crippen LogP contribution in [0.2, 0.25) is 0 Å². The highest BCUT2D eigenvalue weighted by atomic mass is 16.6.